The summed E-state index contributed by atoms with van der Waals surface area (Å²) < 4.78 is 5.13. The predicted octanol–water partition coefficient (Wildman–Crippen LogP) is 1.78. The second-order valence-electron chi connectivity index (χ2n) is 5.30. The van der Waals surface area contributed by atoms with Crippen LogP contribution in [-0.2, 0) is 16.1 Å². The number of nitrogens with zero attached hydrogens (tertiary/aromatic N) is 1. The maximum Gasteiger partial charge on any atom is 0.407 e. The molecular weight excluding hydrogens is 256 g/mol. The molecule has 5 heteroatoms. The first-order chi connectivity index (χ1) is 9.56. The molecule has 1 N–H and O–H groups in total. The van der Waals surface area contributed by atoms with Crippen LogP contribution in [-0.4, -0.2) is 37.0 Å². The Morgan fingerprint density at radius 2 is 1.90 bits per heavy atom. The van der Waals surface area contributed by atoms with Crippen LogP contribution in [0.3, 0.4) is 0 Å². The quantitative estimate of drug-likeness (QED) is 0.912. The van der Waals surface area contributed by atoms with Gasteiger partial charge in [-0.1, -0.05) is 30.3 Å². The number of alkyl carbamates (subject to hydrolysis) is 1. The molecule has 1 aromatic rings. The fraction of sp³-hybridized carbons (Fsp3) is 0.467. The van der Waals surface area contributed by atoms with Crippen molar-refractivity contribution in [1.29, 1.82) is 0 Å². The number of hydrogen-bond donors (Lipinski definition) is 1. The number of hydrogen-bond acceptors (Lipinski definition) is 3. The Hall–Kier alpha value is -2.04. The summed E-state index contributed by atoms with van der Waals surface area (Å²) in [5.41, 5.74) is 0.955. The van der Waals surface area contributed by atoms with Gasteiger partial charge in [-0.15, -0.1) is 0 Å². The Kier molecular flexibility index (Phi) is 4.61. The van der Waals surface area contributed by atoms with Crippen molar-refractivity contribution in [3.63, 3.8) is 0 Å². The van der Waals surface area contributed by atoms with Gasteiger partial charge >= 0.3 is 6.09 Å². The van der Waals surface area contributed by atoms with E-state index in [0.717, 1.165) is 5.56 Å². The Balaban J connectivity index is 1.66. The largest absolute Gasteiger partial charge is 0.445 e. The molecule has 0 spiro atoms. The summed E-state index contributed by atoms with van der Waals surface area (Å²) in [7, 11) is 3.49. The van der Waals surface area contributed by atoms with E-state index in [1.54, 1.807) is 19.0 Å². The van der Waals surface area contributed by atoms with Crippen molar-refractivity contribution in [2.75, 3.05) is 14.1 Å². The number of carbonyl (C=O) groups is 2. The van der Waals surface area contributed by atoms with E-state index in [9.17, 15) is 9.59 Å². The lowest BCUT2D eigenvalue weighted by atomic mass is 9.79. The van der Waals surface area contributed by atoms with Gasteiger partial charge in [0.2, 0.25) is 5.91 Å². The van der Waals surface area contributed by atoms with E-state index >= 15 is 0 Å². The third kappa shape index (κ3) is 3.73. The molecule has 0 atom stereocenters. The van der Waals surface area contributed by atoms with E-state index in [4.69, 9.17) is 4.74 Å². The molecule has 0 saturated heterocycles. The van der Waals surface area contributed by atoms with Crippen LogP contribution in [0.15, 0.2) is 30.3 Å². The molecule has 108 valence electrons. The minimum absolute atomic E-state index is 0.0319. The van der Waals surface area contributed by atoms with Gasteiger partial charge in [-0.05, 0) is 18.4 Å². The van der Waals surface area contributed by atoms with E-state index in [0.29, 0.717) is 12.8 Å². The van der Waals surface area contributed by atoms with Crippen molar-refractivity contribution < 1.29 is 14.3 Å². The van der Waals surface area contributed by atoms with Gasteiger partial charge < -0.3 is 15.0 Å². The van der Waals surface area contributed by atoms with Crippen molar-refractivity contribution in [1.82, 2.24) is 10.2 Å². The number of rotatable bonds is 4. The van der Waals surface area contributed by atoms with Crippen molar-refractivity contribution in [3.05, 3.63) is 35.9 Å². The average molecular weight is 276 g/mol. The zero-order valence-electron chi connectivity index (χ0n) is 11.8. The van der Waals surface area contributed by atoms with Crippen molar-refractivity contribution in [3.8, 4) is 0 Å². The van der Waals surface area contributed by atoms with Gasteiger partial charge in [0.05, 0.1) is 0 Å². The lowest BCUT2D eigenvalue weighted by Crippen LogP contribution is -2.49. The molecule has 0 aromatic heterocycles. The van der Waals surface area contributed by atoms with Gasteiger partial charge in [0.25, 0.3) is 0 Å². The van der Waals surface area contributed by atoms with Crippen molar-refractivity contribution >= 4 is 12.0 Å². The lowest BCUT2D eigenvalue weighted by Gasteiger charge is -2.35. The zero-order chi connectivity index (χ0) is 14.5. The lowest BCUT2D eigenvalue weighted by molar-refractivity contribution is -0.136. The second-order valence-corrected chi connectivity index (χ2v) is 5.30. The molecular formula is C15H20N2O3. The molecule has 20 heavy (non-hydrogen) atoms. The van der Waals surface area contributed by atoms with Crippen LogP contribution in [0.4, 0.5) is 4.79 Å². The van der Waals surface area contributed by atoms with E-state index < -0.39 is 6.09 Å². The molecule has 5 nitrogen and oxygen atoms in total. The molecule has 1 aliphatic rings. The molecule has 1 saturated carbocycles. The molecule has 1 fully saturated rings. The summed E-state index contributed by atoms with van der Waals surface area (Å²) in [5, 5.41) is 2.78. The van der Waals surface area contributed by atoms with Crippen LogP contribution in [0.25, 0.3) is 0 Å². The van der Waals surface area contributed by atoms with Crippen LogP contribution >= 0.6 is 0 Å². The minimum Gasteiger partial charge on any atom is -0.445 e. The van der Waals surface area contributed by atoms with Gasteiger partial charge in [-0.3, -0.25) is 4.79 Å². The van der Waals surface area contributed by atoms with Gasteiger partial charge in [0.1, 0.15) is 6.61 Å². The van der Waals surface area contributed by atoms with Gasteiger partial charge in [-0.2, -0.15) is 0 Å². The van der Waals surface area contributed by atoms with Crippen molar-refractivity contribution in [2.45, 2.75) is 25.5 Å². The van der Waals surface area contributed by atoms with E-state index in [1.807, 2.05) is 30.3 Å². The second kappa shape index (κ2) is 6.41. The van der Waals surface area contributed by atoms with Crippen LogP contribution in [0.2, 0.25) is 0 Å². The Labute approximate surface area is 118 Å². The maximum absolute atomic E-state index is 11.6. The number of ether oxygens (including phenoxy) is 1. The summed E-state index contributed by atoms with van der Waals surface area (Å²) in [6.07, 6.45) is 0.962. The smallest absolute Gasteiger partial charge is 0.407 e. The van der Waals surface area contributed by atoms with Gasteiger partial charge in [-0.25, -0.2) is 4.79 Å². The number of amides is 2. The van der Waals surface area contributed by atoms with E-state index in [2.05, 4.69) is 5.32 Å². The number of carbonyl (C=O) groups excluding carboxylic acids is 2. The highest BCUT2D eigenvalue weighted by molar-refractivity contribution is 5.79. The fourth-order valence-electron chi connectivity index (χ4n) is 2.23. The number of benzene rings is 1. The number of nitrogens with one attached hydrogen (secondary N) is 1. The SMILES string of the molecule is CN(C)C(=O)C1CC(NC(=O)OCc2ccccc2)C1. The first kappa shape index (κ1) is 14.4. The van der Waals surface area contributed by atoms with Gasteiger partial charge in [0.15, 0.2) is 0 Å². The molecule has 0 radical (unpaired) electrons. The molecule has 0 bridgehead atoms. The average Bonchev–Trinajstić information content (AvgIpc) is 2.40. The summed E-state index contributed by atoms with van der Waals surface area (Å²) in [4.78, 5) is 24.8. The first-order valence-electron chi connectivity index (χ1n) is 6.74. The normalized spacial score (nSPS) is 20.7. The molecule has 0 unspecified atom stereocenters. The molecule has 0 aliphatic heterocycles. The van der Waals surface area contributed by atoms with Crippen molar-refractivity contribution in [2.24, 2.45) is 5.92 Å². The highest BCUT2D eigenvalue weighted by Gasteiger charge is 2.36. The van der Waals surface area contributed by atoms with E-state index in [-0.39, 0.29) is 24.5 Å². The van der Waals surface area contributed by atoms with Crippen LogP contribution in [0, 0.1) is 5.92 Å². The highest BCUT2D eigenvalue weighted by Crippen LogP contribution is 2.28. The van der Waals surface area contributed by atoms with Crippen LogP contribution in [0.1, 0.15) is 18.4 Å². The minimum atomic E-state index is -0.422. The van der Waals surface area contributed by atoms with E-state index in [1.165, 1.54) is 0 Å². The monoisotopic (exact) mass is 276 g/mol. The molecule has 1 aromatic carbocycles. The summed E-state index contributed by atoms with van der Waals surface area (Å²) >= 11 is 0. The summed E-state index contributed by atoms with van der Waals surface area (Å²) in [6, 6.07) is 9.58. The highest BCUT2D eigenvalue weighted by atomic mass is 16.5. The molecule has 2 amide bonds. The molecule has 0 heterocycles. The Morgan fingerprint density at radius 1 is 1.25 bits per heavy atom. The first-order valence-corrected chi connectivity index (χ1v) is 6.74. The third-order valence-electron chi connectivity index (χ3n) is 3.46. The molecule has 1 aliphatic carbocycles. The fourth-order valence-corrected chi connectivity index (χ4v) is 2.23. The topological polar surface area (TPSA) is 58.6 Å². The third-order valence-corrected chi connectivity index (χ3v) is 3.46. The predicted molar refractivity (Wildman–Crippen MR) is 75.0 cm³/mol. The Bertz CT molecular complexity index is 467. The zero-order valence-corrected chi connectivity index (χ0v) is 11.8. The summed E-state index contributed by atoms with van der Waals surface area (Å²) in [6.45, 7) is 0.263. The maximum atomic E-state index is 11.6. The summed E-state index contributed by atoms with van der Waals surface area (Å²) in [5.74, 6) is 0.158. The Morgan fingerprint density at radius 3 is 2.50 bits per heavy atom. The van der Waals surface area contributed by atoms with Crippen LogP contribution in [0.5, 0.6) is 0 Å². The van der Waals surface area contributed by atoms with Gasteiger partial charge in [0, 0.05) is 26.1 Å². The molecule has 2 rings (SSSR count). The van der Waals surface area contributed by atoms with Crippen LogP contribution < -0.4 is 5.32 Å². The standard InChI is InChI=1S/C15H20N2O3/c1-17(2)14(18)12-8-13(9-12)16-15(19)20-10-11-6-4-3-5-7-11/h3-7,12-13H,8-10H2,1-2H3,(H,16,19).